The summed E-state index contributed by atoms with van der Waals surface area (Å²) >= 11 is 0. The Balaban J connectivity index is 1.13. The number of ether oxygens (including phenoxy) is 2. The molecule has 0 unspecified atom stereocenters. The lowest BCUT2D eigenvalue weighted by Crippen LogP contribution is -2.36. The van der Waals surface area contributed by atoms with Gasteiger partial charge in [-0.1, -0.05) is 12.1 Å². The molecule has 2 heterocycles. The van der Waals surface area contributed by atoms with Gasteiger partial charge in [-0.15, -0.1) is 0 Å². The van der Waals surface area contributed by atoms with Crippen molar-refractivity contribution in [3.05, 3.63) is 59.4 Å². The molecule has 0 spiro atoms. The maximum absolute atomic E-state index is 12.3. The van der Waals surface area contributed by atoms with Crippen molar-refractivity contribution in [1.82, 2.24) is 5.32 Å². The van der Waals surface area contributed by atoms with E-state index in [1.54, 1.807) is 0 Å². The molecule has 5 rings (SSSR count). The van der Waals surface area contributed by atoms with E-state index in [4.69, 9.17) is 13.9 Å². The highest BCUT2D eigenvalue weighted by Crippen LogP contribution is 2.33. The van der Waals surface area contributed by atoms with Gasteiger partial charge in [-0.3, -0.25) is 4.79 Å². The Morgan fingerprint density at radius 1 is 1.03 bits per heavy atom. The number of fused-ring (bicyclic) bond motifs is 3. The lowest BCUT2D eigenvalue weighted by molar-refractivity contribution is -0.123. The summed E-state index contributed by atoms with van der Waals surface area (Å²) in [6, 6.07) is 14.1. The summed E-state index contributed by atoms with van der Waals surface area (Å²) in [5.74, 6) is 1.68. The molecule has 6 nitrogen and oxygen atoms in total. The lowest BCUT2D eigenvalue weighted by atomic mass is 9.96. The zero-order valence-corrected chi connectivity index (χ0v) is 17.7. The zero-order chi connectivity index (χ0) is 21.0. The minimum Gasteiger partial charge on any atom is -0.484 e. The van der Waals surface area contributed by atoms with Crippen LogP contribution in [0.5, 0.6) is 5.75 Å². The summed E-state index contributed by atoms with van der Waals surface area (Å²) < 4.78 is 17.1. The number of rotatable bonds is 6. The summed E-state index contributed by atoms with van der Waals surface area (Å²) in [5, 5.41) is 4.05. The van der Waals surface area contributed by atoms with Gasteiger partial charge in [0, 0.05) is 42.7 Å². The maximum atomic E-state index is 12.3. The minimum absolute atomic E-state index is 0.00257. The molecule has 3 aromatic rings. The summed E-state index contributed by atoms with van der Waals surface area (Å²) in [7, 11) is 0. The molecule has 1 saturated heterocycles. The average molecular weight is 421 g/mol. The maximum Gasteiger partial charge on any atom is 0.258 e. The van der Waals surface area contributed by atoms with E-state index >= 15 is 0 Å². The first-order chi connectivity index (χ1) is 15.3. The van der Waals surface area contributed by atoms with Crippen LogP contribution in [0.15, 0.2) is 46.9 Å². The first-order valence-corrected chi connectivity index (χ1v) is 11.1. The van der Waals surface area contributed by atoms with Crippen molar-refractivity contribution in [1.29, 1.82) is 0 Å². The van der Waals surface area contributed by atoms with Gasteiger partial charge in [0.05, 0.1) is 13.2 Å². The molecule has 6 heteroatoms. The van der Waals surface area contributed by atoms with Crippen LogP contribution in [0.2, 0.25) is 0 Å². The lowest BCUT2D eigenvalue weighted by Gasteiger charge is -2.28. The first kappa shape index (κ1) is 19.9. The fourth-order valence-corrected chi connectivity index (χ4v) is 4.38. The number of morpholine rings is 1. The Hall–Kier alpha value is -2.99. The van der Waals surface area contributed by atoms with Crippen LogP contribution < -0.4 is 15.0 Å². The van der Waals surface area contributed by atoms with Gasteiger partial charge in [-0.2, -0.15) is 0 Å². The van der Waals surface area contributed by atoms with Gasteiger partial charge < -0.3 is 24.1 Å². The molecular formula is C25H28N2O4. The first-order valence-electron chi connectivity index (χ1n) is 11.1. The van der Waals surface area contributed by atoms with Crippen LogP contribution in [0.3, 0.4) is 0 Å². The molecule has 1 aromatic heterocycles. The fourth-order valence-electron chi connectivity index (χ4n) is 4.38. The fraction of sp³-hybridized carbons (Fsp3) is 0.400. The van der Waals surface area contributed by atoms with Crippen molar-refractivity contribution in [2.45, 2.75) is 32.2 Å². The van der Waals surface area contributed by atoms with Gasteiger partial charge in [-0.25, -0.2) is 0 Å². The molecule has 31 heavy (non-hydrogen) atoms. The number of carbonyl (C=O) groups is 1. The standard InChI is InChI=1S/C25H28N2O4/c28-25(26-16-18-5-7-19(8-6-18)27-11-13-29-14-12-27)17-30-20-9-10-24-22(15-20)21-3-1-2-4-23(21)31-24/h5-10,15H,1-4,11-14,16-17H2,(H,26,28). The second-order valence-corrected chi connectivity index (χ2v) is 8.20. The Kier molecular flexibility index (Phi) is 5.80. The van der Waals surface area contributed by atoms with Gasteiger partial charge in [-0.05, 0) is 55.2 Å². The number of furan rings is 1. The average Bonchev–Trinajstić information content (AvgIpc) is 3.20. The largest absolute Gasteiger partial charge is 0.484 e. The molecular weight excluding hydrogens is 392 g/mol. The molecule has 0 atom stereocenters. The third-order valence-electron chi connectivity index (χ3n) is 6.10. The molecule has 2 aromatic carbocycles. The highest BCUT2D eigenvalue weighted by Gasteiger charge is 2.18. The van der Waals surface area contributed by atoms with E-state index in [0.29, 0.717) is 12.3 Å². The van der Waals surface area contributed by atoms with E-state index in [1.807, 2.05) is 18.2 Å². The SMILES string of the molecule is O=C(COc1ccc2oc3c(c2c1)CCCC3)NCc1ccc(N2CCOCC2)cc1. The molecule has 1 fully saturated rings. The summed E-state index contributed by atoms with van der Waals surface area (Å²) in [5.41, 5.74) is 4.47. The molecule has 1 aliphatic heterocycles. The number of benzene rings is 2. The molecule has 0 saturated carbocycles. The van der Waals surface area contributed by atoms with Gasteiger partial charge in [0.2, 0.25) is 0 Å². The summed E-state index contributed by atoms with van der Waals surface area (Å²) in [4.78, 5) is 14.6. The summed E-state index contributed by atoms with van der Waals surface area (Å²) in [6.45, 7) is 3.86. The second kappa shape index (κ2) is 9.02. The number of hydrogen-bond acceptors (Lipinski definition) is 5. The Morgan fingerprint density at radius 2 is 1.84 bits per heavy atom. The van der Waals surface area contributed by atoms with Crippen molar-refractivity contribution in [2.24, 2.45) is 0 Å². The van der Waals surface area contributed by atoms with E-state index < -0.39 is 0 Å². The van der Waals surface area contributed by atoms with Gasteiger partial charge in [0.1, 0.15) is 17.1 Å². The van der Waals surface area contributed by atoms with Crippen molar-refractivity contribution in [2.75, 3.05) is 37.8 Å². The topological polar surface area (TPSA) is 63.9 Å². The highest BCUT2D eigenvalue weighted by molar-refractivity contribution is 5.84. The zero-order valence-electron chi connectivity index (χ0n) is 17.7. The van der Waals surface area contributed by atoms with E-state index in [1.165, 1.54) is 24.1 Å². The van der Waals surface area contributed by atoms with Crippen LogP contribution in [0.1, 0.15) is 29.7 Å². The molecule has 1 aliphatic carbocycles. The van der Waals surface area contributed by atoms with Crippen molar-refractivity contribution >= 4 is 22.6 Å². The van der Waals surface area contributed by atoms with Crippen LogP contribution in [0, 0.1) is 0 Å². The monoisotopic (exact) mass is 420 g/mol. The molecule has 1 amide bonds. The number of nitrogens with one attached hydrogen (secondary N) is 1. The van der Waals surface area contributed by atoms with Gasteiger partial charge >= 0.3 is 0 Å². The number of amides is 1. The quantitative estimate of drug-likeness (QED) is 0.656. The van der Waals surface area contributed by atoms with Crippen molar-refractivity contribution < 1.29 is 18.7 Å². The van der Waals surface area contributed by atoms with Gasteiger partial charge in [0.15, 0.2) is 6.61 Å². The highest BCUT2D eigenvalue weighted by atomic mass is 16.5. The number of nitrogens with zero attached hydrogens (tertiary/aromatic N) is 1. The molecule has 2 aliphatic rings. The molecule has 162 valence electrons. The molecule has 0 bridgehead atoms. The van der Waals surface area contributed by atoms with Crippen molar-refractivity contribution in [3.8, 4) is 5.75 Å². The van der Waals surface area contributed by atoms with Crippen LogP contribution in [-0.4, -0.2) is 38.8 Å². The number of anilines is 1. The minimum atomic E-state index is -0.133. The van der Waals surface area contributed by atoms with E-state index in [2.05, 4.69) is 34.5 Å². The van der Waals surface area contributed by atoms with Crippen LogP contribution in [-0.2, 0) is 28.9 Å². The summed E-state index contributed by atoms with van der Waals surface area (Å²) in [6.07, 6.45) is 4.45. The number of hydrogen-bond donors (Lipinski definition) is 1. The van der Waals surface area contributed by atoms with E-state index in [0.717, 1.165) is 61.4 Å². The number of carbonyl (C=O) groups excluding carboxylic acids is 1. The number of aryl methyl sites for hydroxylation is 2. The molecule has 0 radical (unpaired) electrons. The Labute approximate surface area is 182 Å². The second-order valence-electron chi connectivity index (χ2n) is 8.20. The predicted molar refractivity (Wildman–Crippen MR) is 120 cm³/mol. The van der Waals surface area contributed by atoms with E-state index in [-0.39, 0.29) is 12.5 Å². The predicted octanol–water partition coefficient (Wildman–Crippen LogP) is 3.84. The Bertz CT molecular complexity index is 1050. The van der Waals surface area contributed by atoms with E-state index in [9.17, 15) is 4.79 Å². The van der Waals surface area contributed by atoms with Gasteiger partial charge in [0.25, 0.3) is 5.91 Å². The smallest absolute Gasteiger partial charge is 0.258 e. The van der Waals surface area contributed by atoms with Crippen LogP contribution >= 0.6 is 0 Å². The Morgan fingerprint density at radius 3 is 2.68 bits per heavy atom. The van der Waals surface area contributed by atoms with Crippen LogP contribution in [0.4, 0.5) is 5.69 Å². The molecule has 1 N–H and O–H groups in total. The van der Waals surface area contributed by atoms with Crippen molar-refractivity contribution in [3.63, 3.8) is 0 Å². The normalized spacial score (nSPS) is 16.2. The third kappa shape index (κ3) is 4.54. The van der Waals surface area contributed by atoms with Crippen LogP contribution in [0.25, 0.3) is 11.0 Å². The third-order valence-corrected chi connectivity index (χ3v) is 6.10.